The molecule has 0 bridgehead atoms. The summed E-state index contributed by atoms with van der Waals surface area (Å²) in [5.41, 5.74) is 0.798. The molecular formula is C18H21NO3S. The number of benzene rings is 2. The van der Waals surface area contributed by atoms with E-state index in [4.69, 9.17) is 4.74 Å². The maximum Gasteiger partial charge on any atom is 0.230 e. The third-order valence-corrected chi connectivity index (χ3v) is 4.19. The Hall–Kier alpha value is -1.98. The molecule has 4 nitrogen and oxygen atoms in total. The quantitative estimate of drug-likeness (QED) is 0.730. The van der Waals surface area contributed by atoms with Gasteiger partial charge in [0.15, 0.2) is 0 Å². The molecule has 122 valence electrons. The Bertz CT molecular complexity index is 601. The van der Waals surface area contributed by atoms with Crippen LogP contribution in [0.15, 0.2) is 59.5 Å². The van der Waals surface area contributed by atoms with Crippen molar-refractivity contribution in [2.24, 2.45) is 0 Å². The first-order valence-electron chi connectivity index (χ1n) is 7.54. The second-order valence-corrected chi connectivity index (χ2v) is 5.97. The highest BCUT2D eigenvalue weighted by Gasteiger charge is 2.09. The summed E-state index contributed by atoms with van der Waals surface area (Å²) >= 11 is 1.45. The van der Waals surface area contributed by atoms with Crippen molar-refractivity contribution in [3.8, 4) is 5.75 Å². The lowest BCUT2D eigenvalue weighted by Gasteiger charge is -2.12. The van der Waals surface area contributed by atoms with Crippen molar-refractivity contribution in [3.05, 3.63) is 60.2 Å². The molecule has 0 heterocycles. The lowest BCUT2D eigenvalue weighted by molar-refractivity contribution is -0.119. The molecule has 0 aliphatic carbocycles. The van der Waals surface area contributed by atoms with E-state index in [2.05, 4.69) is 5.32 Å². The van der Waals surface area contributed by atoms with Crippen molar-refractivity contribution < 1.29 is 14.6 Å². The molecule has 0 saturated carbocycles. The van der Waals surface area contributed by atoms with Crippen molar-refractivity contribution in [1.82, 2.24) is 5.32 Å². The number of hydrogen-bond donors (Lipinski definition) is 2. The monoisotopic (exact) mass is 331 g/mol. The Balaban J connectivity index is 1.72. The van der Waals surface area contributed by atoms with E-state index in [-0.39, 0.29) is 12.5 Å². The third kappa shape index (κ3) is 5.96. The molecule has 0 aliphatic heterocycles. The van der Waals surface area contributed by atoms with Gasteiger partial charge in [0.25, 0.3) is 0 Å². The second-order valence-electron chi connectivity index (χ2n) is 4.92. The van der Waals surface area contributed by atoms with Crippen LogP contribution < -0.4 is 10.1 Å². The van der Waals surface area contributed by atoms with Crippen molar-refractivity contribution in [3.63, 3.8) is 0 Å². The maximum absolute atomic E-state index is 11.9. The van der Waals surface area contributed by atoms with E-state index in [0.717, 1.165) is 16.2 Å². The number of hydrogen-bond acceptors (Lipinski definition) is 4. The molecule has 2 aromatic rings. The Labute approximate surface area is 140 Å². The summed E-state index contributed by atoms with van der Waals surface area (Å²) in [6, 6.07) is 16.9. The fourth-order valence-corrected chi connectivity index (χ4v) is 2.73. The first kappa shape index (κ1) is 17.4. The Morgan fingerprint density at radius 2 is 1.87 bits per heavy atom. The number of nitrogens with one attached hydrogen (secondary N) is 1. The van der Waals surface area contributed by atoms with Gasteiger partial charge in [-0.3, -0.25) is 4.79 Å². The Morgan fingerprint density at radius 1 is 1.17 bits per heavy atom. The SMILES string of the molecule is CCOc1ccc(SCC(=O)NCC(O)c2ccccc2)cc1. The first-order valence-corrected chi connectivity index (χ1v) is 8.53. The summed E-state index contributed by atoms with van der Waals surface area (Å²) in [6.45, 7) is 2.79. The van der Waals surface area contributed by atoms with Crippen LogP contribution in [0.4, 0.5) is 0 Å². The summed E-state index contributed by atoms with van der Waals surface area (Å²) in [6.07, 6.45) is -0.685. The molecule has 0 aromatic heterocycles. The minimum atomic E-state index is -0.685. The van der Waals surface area contributed by atoms with Crippen LogP contribution in [0.25, 0.3) is 0 Å². The van der Waals surface area contributed by atoms with Crippen molar-refractivity contribution in [2.75, 3.05) is 18.9 Å². The Kier molecular flexibility index (Phi) is 6.97. The zero-order valence-electron chi connectivity index (χ0n) is 13.1. The van der Waals surface area contributed by atoms with E-state index in [0.29, 0.717) is 12.4 Å². The van der Waals surface area contributed by atoms with Crippen molar-refractivity contribution in [1.29, 1.82) is 0 Å². The highest BCUT2D eigenvalue weighted by atomic mass is 32.2. The predicted molar refractivity (Wildman–Crippen MR) is 92.7 cm³/mol. The van der Waals surface area contributed by atoms with Crippen molar-refractivity contribution >= 4 is 17.7 Å². The molecule has 0 fully saturated rings. The van der Waals surface area contributed by atoms with E-state index in [9.17, 15) is 9.90 Å². The normalized spacial score (nSPS) is 11.7. The van der Waals surface area contributed by atoms with E-state index in [1.165, 1.54) is 11.8 Å². The van der Waals surface area contributed by atoms with Gasteiger partial charge in [-0.2, -0.15) is 0 Å². The molecule has 2 N–H and O–H groups in total. The number of aliphatic hydroxyl groups is 1. The van der Waals surface area contributed by atoms with Gasteiger partial charge in [0, 0.05) is 11.4 Å². The number of carbonyl (C=O) groups is 1. The van der Waals surface area contributed by atoms with E-state index in [1.807, 2.05) is 61.5 Å². The molecule has 0 spiro atoms. The lowest BCUT2D eigenvalue weighted by Crippen LogP contribution is -2.29. The molecule has 1 unspecified atom stereocenters. The number of thioether (sulfide) groups is 1. The largest absolute Gasteiger partial charge is 0.494 e. The van der Waals surface area contributed by atoms with Gasteiger partial charge < -0.3 is 15.2 Å². The summed E-state index contributed by atoms with van der Waals surface area (Å²) in [4.78, 5) is 12.9. The van der Waals surface area contributed by atoms with Gasteiger partial charge in [0.2, 0.25) is 5.91 Å². The second kappa shape index (κ2) is 9.22. The minimum Gasteiger partial charge on any atom is -0.494 e. The van der Waals surface area contributed by atoms with E-state index in [1.54, 1.807) is 0 Å². The lowest BCUT2D eigenvalue weighted by atomic mass is 10.1. The van der Waals surface area contributed by atoms with Crippen LogP contribution in [0, 0.1) is 0 Å². The summed E-state index contributed by atoms with van der Waals surface area (Å²) < 4.78 is 5.38. The van der Waals surface area contributed by atoms with E-state index < -0.39 is 6.10 Å². The molecule has 0 saturated heterocycles. The van der Waals surface area contributed by atoms with Gasteiger partial charge >= 0.3 is 0 Å². The average Bonchev–Trinajstić information content (AvgIpc) is 2.60. The van der Waals surface area contributed by atoms with Crippen LogP contribution in [-0.2, 0) is 4.79 Å². The first-order chi connectivity index (χ1) is 11.2. The summed E-state index contributed by atoms with van der Waals surface area (Å²) in [5.74, 6) is 1.04. The highest BCUT2D eigenvalue weighted by molar-refractivity contribution is 8.00. The standard InChI is InChI=1S/C18H21NO3S/c1-2-22-15-8-10-16(11-9-15)23-13-18(21)19-12-17(20)14-6-4-3-5-7-14/h3-11,17,20H,2,12-13H2,1H3,(H,19,21). The molecule has 0 radical (unpaired) electrons. The average molecular weight is 331 g/mol. The molecule has 2 rings (SSSR count). The maximum atomic E-state index is 11.9. The van der Waals surface area contributed by atoms with Gasteiger partial charge in [-0.05, 0) is 36.8 Å². The molecule has 1 atom stereocenters. The van der Waals surface area contributed by atoms with Gasteiger partial charge in [-0.1, -0.05) is 30.3 Å². The summed E-state index contributed by atoms with van der Waals surface area (Å²) in [7, 11) is 0. The van der Waals surface area contributed by atoms with Crippen LogP contribution in [-0.4, -0.2) is 29.9 Å². The molecule has 0 aliphatic rings. The minimum absolute atomic E-state index is 0.0983. The Morgan fingerprint density at radius 3 is 2.52 bits per heavy atom. The van der Waals surface area contributed by atoms with Crippen molar-refractivity contribution in [2.45, 2.75) is 17.9 Å². The zero-order chi connectivity index (χ0) is 16.5. The van der Waals surface area contributed by atoms with Crippen LogP contribution in [0.3, 0.4) is 0 Å². The molecule has 23 heavy (non-hydrogen) atoms. The van der Waals surface area contributed by atoms with Crippen LogP contribution in [0.1, 0.15) is 18.6 Å². The van der Waals surface area contributed by atoms with Gasteiger partial charge in [0.1, 0.15) is 5.75 Å². The van der Waals surface area contributed by atoms with Crippen LogP contribution in [0.2, 0.25) is 0 Å². The fourth-order valence-electron chi connectivity index (χ4n) is 2.00. The number of ether oxygens (including phenoxy) is 1. The van der Waals surface area contributed by atoms with E-state index >= 15 is 0 Å². The molecule has 1 amide bonds. The van der Waals surface area contributed by atoms with Crippen LogP contribution >= 0.6 is 11.8 Å². The smallest absolute Gasteiger partial charge is 0.230 e. The van der Waals surface area contributed by atoms with Gasteiger partial charge in [-0.25, -0.2) is 0 Å². The molecule has 2 aromatic carbocycles. The van der Waals surface area contributed by atoms with Gasteiger partial charge in [0.05, 0.1) is 18.5 Å². The fraction of sp³-hybridized carbons (Fsp3) is 0.278. The molecule has 5 heteroatoms. The number of carbonyl (C=O) groups excluding carboxylic acids is 1. The number of amides is 1. The topological polar surface area (TPSA) is 58.6 Å². The van der Waals surface area contributed by atoms with Gasteiger partial charge in [-0.15, -0.1) is 11.8 Å². The number of aliphatic hydroxyl groups excluding tert-OH is 1. The number of rotatable bonds is 8. The molecular weight excluding hydrogens is 310 g/mol. The zero-order valence-corrected chi connectivity index (χ0v) is 13.9. The highest BCUT2D eigenvalue weighted by Crippen LogP contribution is 2.21. The van der Waals surface area contributed by atoms with Crippen LogP contribution in [0.5, 0.6) is 5.75 Å². The summed E-state index contributed by atoms with van der Waals surface area (Å²) in [5, 5.41) is 12.7. The third-order valence-electron chi connectivity index (χ3n) is 3.18. The predicted octanol–water partition coefficient (Wildman–Crippen LogP) is 3.03.